The number of benzene rings is 1. The lowest BCUT2D eigenvalue weighted by molar-refractivity contribution is -0.125. The Morgan fingerprint density at radius 3 is 2.68 bits per heavy atom. The third-order valence-corrected chi connectivity index (χ3v) is 3.90. The summed E-state index contributed by atoms with van der Waals surface area (Å²) in [5, 5.41) is 7.04. The van der Waals surface area contributed by atoms with Crippen LogP contribution in [0.1, 0.15) is 37.4 Å². The van der Waals surface area contributed by atoms with Crippen LogP contribution in [0.5, 0.6) is 5.75 Å². The van der Waals surface area contributed by atoms with Crippen LogP contribution in [0.25, 0.3) is 0 Å². The van der Waals surface area contributed by atoms with Crippen molar-refractivity contribution in [2.75, 3.05) is 6.61 Å². The number of hydrogen-bond donors (Lipinski definition) is 1. The van der Waals surface area contributed by atoms with Gasteiger partial charge in [-0.05, 0) is 25.0 Å². The van der Waals surface area contributed by atoms with Gasteiger partial charge in [-0.15, -0.1) is 0 Å². The van der Waals surface area contributed by atoms with Crippen molar-refractivity contribution >= 4 is 5.91 Å². The fourth-order valence-corrected chi connectivity index (χ4v) is 2.85. The van der Waals surface area contributed by atoms with Crippen LogP contribution in [-0.2, 0) is 10.3 Å². The van der Waals surface area contributed by atoms with Gasteiger partial charge < -0.3 is 14.6 Å². The zero-order chi connectivity index (χ0) is 15.4. The van der Waals surface area contributed by atoms with E-state index < -0.39 is 5.54 Å². The van der Waals surface area contributed by atoms with E-state index in [-0.39, 0.29) is 12.5 Å². The van der Waals surface area contributed by atoms with Crippen LogP contribution >= 0.6 is 0 Å². The van der Waals surface area contributed by atoms with E-state index in [1.54, 1.807) is 6.92 Å². The average Bonchev–Trinajstić information content (AvgIpc) is 3.16. The molecule has 1 aliphatic rings. The summed E-state index contributed by atoms with van der Waals surface area (Å²) >= 11 is 0. The topological polar surface area (TPSA) is 77.2 Å². The molecule has 2 aromatic rings. The Morgan fingerprint density at radius 1 is 1.32 bits per heavy atom. The van der Waals surface area contributed by atoms with Gasteiger partial charge in [0, 0.05) is 6.92 Å². The Morgan fingerprint density at radius 2 is 2.05 bits per heavy atom. The fourth-order valence-electron chi connectivity index (χ4n) is 2.85. The first-order valence-electron chi connectivity index (χ1n) is 7.48. The van der Waals surface area contributed by atoms with Crippen LogP contribution in [0.4, 0.5) is 0 Å². The number of para-hydroxylation sites is 1. The lowest BCUT2D eigenvalue weighted by Gasteiger charge is -2.26. The van der Waals surface area contributed by atoms with Crippen molar-refractivity contribution in [3.05, 3.63) is 42.0 Å². The van der Waals surface area contributed by atoms with Crippen molar-refractivity contribution < 1.29 is 14.1 Å². The summed E-state index contributed by atoms with van der Waals surface area (Å²) in [6.07, 6.45) is 3.72. The Hall–Kier alpha value is -2.37. The van der Waals surface area contributed by atoms with E-state index in [2.05, 4.69) is 15.5 Å². The standard InChI is InChI=1S/C16H19N3O3/c1-12-17-15(19-22-12)16(9-5-6-10-16)18-14(20)11-21-13-7-3-2-4-8-13/h2-4,7-8H,5-6,9-11H2,1H3,(H,18,20). The number of nitrogens with one attached hydrogen (secondary N) is 1. The number of amides is 1. The van der Waals surface area contributed by atoms with Gasteiger partial charge in [-0.3, -0.25) is 4.79 Å². The van der Waals surface area contributed by atoms with Gasteiger partial charge in [-0.25, -0.2) is 0 Å². The fraction of sp³-hybridized carbons (Fsp3) is 0.438. The zero-order valence-electron chi connectivity index (χ0n) is 12.5. The highest BCUT2D eigenvalue weighted by molar-refractivity contribution is 5.78. The molecule has 0 saturated heterocycles. The van der Waals surface area contributed by atoms with E-state index in [1.165, 1.54) is 0 Å². The minimum atomic E-state index is -0.519. The first-order chi connectivity index (χ1) is 10.7. The Balaban J connectivity index is 1.65. The molecule has 116 valence electrons. The third-order valence-electron chi connectivity index (χ3n) is 3.90. The monoisotopic (exact) mass is 301 g/mol. The number of carbonyl (C=O) groups excluding carboxylic acids is 1. The molecular formula is C16H19N3O3. The molecule has 6 nitrogen and oxygen atoms in total. The summed E-state index contributed by atoms with van der Waals surface area (Å²) in [4.78, 5) is 16.5. The molecule has 22 heavy (non-hydrogen) atoms. The number of carbonyl (C=O) groups is 1. The normalized spacial score (nSPS) is 16.4. The average molecular weight is 301 g/mol. The number of ether oxygens (including phenoxy) is 1. The predicted molar refractivity (Wildman–Crippen MR) is 79.3 cm³/mol. The highest BCUT2D eigenvalue weighted by Crippen LogP contribution is 2.37. The molecule has 1 aromatic carbocycles. The molecule has 0 unspecified atom stereocenters. The van der Waals surface area contributed by atoms with Gasteiger partial charge >= 0.3 is 0 Å². The first kappa shape index (κ1) is 14.6. The Kier molecular flexibility index (Phi) is 4.09. The molecule has 3 rings (SSSR count). The van der Waals surface area contributed by atoms with E-state index in [9.17, 15) is 4.79 Å². The van der Waals surface area contributed by atoms with Crippen LogP contribution in [0.2, 0.25) is 0 Å². The van der Waals surface area contributed by atoms with Crippen LogP contribution in [0.15, 0.2) is 34.9 Å². The summed E-state index contributed by atoms with van der Waals surface area (Å²) in [7, 11) is 0. The molecule has 1 N–H and O–H groups in total. The van der Waals surface area contributed by atoms with E-state index in [0.29, 0.717) is 17.5 Å². The molecule has 6 heteroatoms. The summed E-state index contributed by atoms with van der Waals surface area (Å²) in [5.74, 6) is 1.58. The summed E-state index contributed by atoms with van der Waals surface area (Å²) < 4.78 is 10.6. The Bertz CT molecular complexity index is 633. The van der Waals surface area contributed by atoms with Gasteiger partial charge in [0.25, 0.3) is 5.91 Å². The second-order valence-electron chi connectivity index (χ2n) is 5.58. The van der Waals surface area contributed by atoms with Gasteiger partial charge in [0.2, 0.25) is 5.89 Å². The summed E-state index contributed by atoms with van der Waals surface area (Å²) in [5.41, 5.74) is -0.519. The lowest BCUT2D eigenvalue weighted by Crippen LogP contribution is -2.46. The van der Waals surface area contributed by atoms with Crippen LogP contribution in [-0.4, -0.2) is 22.7 Å². The molecule has 0 aliphatic heterocycles. The molecule has 1 aliphatic carbocycles. The molecule has 1 fully saturated rings. The lowest BCUT2D eigenvalue weighted by atomic mass is 9.96. The van der Waals surface area contributed by atoms with Crippen molar-refractivity contribution in [2.24, 2.45) is 0 Å². The van der Waals surface area contributed by atoms with Gasteiger partial charge in [-0.1, -0.05) is 36.2 Å². The summed E-state index contributed by atoms with van der Waals surface area (Å²) in [6.45, 7) is 1.72. The molecule has 0 atom stereocenters. The van der Waals surface area contributed by atoms with Crippen molar-refractivity contribution in [2.45, 2.75) is 38.1 Å². The second-order valence-corrected chi connectivity index (χ2v) is 5.58. The SMILES string of the molecule is Cc1nc(C2(NC(=O)COc3ccccc3)CCCC2)no1. The molecule has 0 radical (unpaired) electrons. The minimum absolute atomic E-state index is 0.0252. The van der Waals surface area contributed by atoms with Gasteiger partial charge in [0.05, 0.1) is 0 Å². The molecular weight excluding hydrogens is 282 g/mol. The predicted octanol–water partition coefficient (Wildman–Crippen LogP) is 2.34. The van der Waals surface area contributed by atoms with E-state index >= 15 is 0 Å². The van der Waals surface area contributed by atoms with E-state index in [1.807, 2.05) is 30.3 Å². The highest BCUT2D eigenvalue weighted by Gasteiger charge is 2.41. The van der Waals surface area contributed by atoms with E-state index in [4.69, 9.17) is 9.26 Å². The largest absolute Gasteiger partial charge is 0.484 e. The van der Waals surface area contributed by atoms with Crippen LogP contribution in [0.3, 0.4) is 0 Å². The number of rotatable bonds is 5. The van der Waals surface area contributed by atoms with Crippen LogP contribution in [0, 0.1) is 6.92 Å². The minimum Gasteiger partial charge on any atom is -0.484 e. The number of aryl methyl sites for hydroxylation is 1. The quantitative estimate of drug-likeness (QED) is 0.917. The maximum atomic E-state index is 12.2. The second kappa shape index (κ2) is 6.17. The van der Waals surface area contributed by atoms with Gasteiger partial charge in [0.1, 0.15) is 11.3 Å². The van der Waals surface area contributed by atoms with Crippen molar-refractivity contribution in [3.63, 3.8) is 0 Å². The molecule has 0 bridgehead atoms. The van der Waals surface area contributed by atoms with Crippen molar-refractivity contribution in [3.8, 4) is 5.75 Å². The highest BCUT2D eigenvalue weighted by atomic mass is 16.5. The van der Waals surface area contributed by atoms with Gasteiger partial charge in [-0.2, -0.15) is 4.98 Å². The van der Waals surface area contributed by atoms with Crippen LogP contribution < -0.4 is 10.1 Å². The Labute approximate surface area is 128 Å². The maximum Gasteiger partial charge on any atom is 0.258 e. The smallest absolute Gasteiger partial charge is 0.258 e. The molecule has 1 amide bonds. The molecule has 1 heterocycles. The number of nitrogens with zero attached hydrogens (tertiary/aromatic N) is 2. The van der Waals surface area contributed by atoms with Crippen molar-refractivity contribution in [1.82, 2.24) is 15.5 Å². The first-order valence-corrected chi connectivity index (χ1v) is 7.48. The number of hydrogen-bond acceptors (Lipinski definition) is 5. The number of aromatic nitrogens is 2. The zero-order valence-corrected chi connectivity index (χ0v) is 12.5. The molecule has 1 saturated carbocycles. The van der Waals surface area contributed by atoms with Crippen molar-refractivity contribution in [1.29, 1.82) is 0 Å². The maximum absolute atomic E-state index is 12.2. The summed E-state index contributed by atoms with van der Waals surface area (Å²) in [6, 6.07) is 9.28. The van der Waals surface area contributed by atoms with Gasteiger partial charge in [0.15, 0.2) is 12.4 Å². The van der Waals surface area contributed by atoms with E-state index in [0.717, 1.165) is 25.7 Å². The third kappa shape index (κ3) is 3.10. The molecule has 0 spiro atoms. The molecule has 1 aromatic heterocycles.